The van der Waals surface area contributed by atoms with Gasteiger partial charge in [-0.25, -0.2) is 13.8 Å². The predicted molar refractivity (Wildman–Crippen MR) is 61.5 cm³/mol. The molecule has 0 aliphatic heterocycles. The smallest absolute Gasteiger partial charge is 0.330 e. The molecule has 1 unspecified atom stereocenters. The molecule has 0 amide bonds. The molecule has 1 N–H and O–H groups in total. The number of rotatable bonds is 8. The molecule has 0 spiro atoms. The molecule has 0 aromatic carbocycles. The Morgan fingerprint density at radius 2 is 2.16 bits per heavy atom. The Hall–Kier alpha value is -1.15. The molecule has 1 rings (SSSR count). The van der Waals surface area contributed by atoms with E-state index in [4.69, 9.17) is 4.74 Å². The number of likely N-dealkylation sites (N-methyl/N-ethyl adjacent to an activating group) is 1. The predicted octanol–water partition coefficient (Wildman–Crippen LogP) is 2.08. The lowest BCUT2D eigenvalue weighted by Gasteiger charge is -2.20. The van der Waals surface area contributed by atoms with E-state index in [-0.39, 0.29) is 6.61 Å². The Balaban J connectivity index is 2.55. The van der Waals surface area contributed by atoms with E-state index in [1.54, 1.807) is 19.4 Å². The van der Waals surface area contributed by atoms with Gasteiger partial charge in [0.1, 0.15) is 12.4 Å². The average Bonchev–Trinajstić information content (AvgIpc) is 2.82. The Morgan fingerprint density at radius 3 is 2.68 bits per heavy atom. The number of nitrogens with one attached hydrogen (secondary N) is 1. The largest absolute Gasteiger partial charge is 0.373 e. The molecule has 0 saturated heterocycles. The van der Waals surface area contributed by atoms with Gasteiger partial charge in [0.25, 0.3) is 0 Å². The number of aromatic nitrogens is 2. The molecule has 0 radical (unpaired) electrons. The summed E-state index contributed by atoms with van der Waals surface area (Å²) in [5, 5.41) is 2.85. The fraction of sp³-hybridized carbons (Fsp3) is 0.727. The molecule has 0 fully saturated rings. The van der Waals surface area contributed by atoms with Gasteiger partial charge < -0.3 is 14.6 Å². The van der Waals surface area contributed by atoms with Crippen molar-refractivity contribution in [3.8, 4) is 0 Å². The summed E-state index contributed by atoms with van der Waals surface area (Å²) in [6.07, 6.45) is -0.400. The molecule has 1 aromatic rings. The highest BCUT2D eigenvalue weighted by Crippen LogP contribution is 2.23. The van der Waals surface area contributed by atoms with Crippen LogP contribution < -0.4 is 5.32 Å². The standard InChI is InChI=1S/C11H17F4N3O/c1-3-18-5-4-17-9(18)8(16-2)6-19-7-11(14,15)10(12)13/h4-5,8,10,16H,3,6-7H2,1-2H3. The number of hydrogen-bond donors (Lipinski definition) is 1. The lowest BCUT2D eigenvalue weighted by atomic mass is 10.3. The van der Waals surface area contributed by atoms with Crippen molar-refractivity contribution in [1.82, 2.24) is 14.9 Å². The minimum absolute atomic E-state index is 0.157. The maximum Gasteiger partial charge on any atom is 0.330 e. The van der Waals surface area contributed by atoms with Crippen LogP contribution in [0.5, 0.6) is 0 Å². The zero-order valence-electron chi connectivity index (χ0n) is 10.7. The number of halogens is 4. The van der Waals surface area contributed by atoms with Crippen LogP contribution in [0.25, 0.3) is 0 Å². The zero-order chi connectivity index (χ0) is 14.5. The van der Waals surface area contributed by atoms with Crippen molar-refractivity contribution in [2.75, 3.05) is 20.3 Å². The van der Waals surface area contributed by atoms with Crippen molar-refractivity contribution in [2.24, 2.45) is 0 Å². The number of alkyl halides is 4. The second-order valence-electron chi connectivity index (χ2n) is 3.99. The van der Waals surface area contributed by atoms with Crippen LogP contribution in [0.2, 0.25) is 0 Å². The van der Waals surface area contributed by atoms with Gasteiger partial charge in [0.15, 0.2) is 0 Å². The zero-order valence-corrected chi connectivity index (χ0v) is 10.7. The molecule has 1 atom stereocenters. The van der Waals surface area contributed by atoms with Crippen molar-refractivity contribution in [1.29, 1.82) is 0 Å². The van der Waals surface area contributed by atoms with Gasteiger partial charge in [0, 0.05) is 18.9 Å². The van der Waals surface area contributed by atoms with Gasteiger partial charge in [-0.15, -0.1) is 0 Å². The normalized spacial score (nSPS) is 14.1. The summed E-state index contributed by atoms with van der Waals surface area (Å²) < 4.78 is 55.7. The molecule has 4 nitrogen and oxygen atoms in total. The van der Waals surface area contributed by atoms with E-state index in [0.29, 0.717) is 12.4 Å². The van der Waals surface area contributed by atoms with Crippen LogP contribution >= 0.6 is 0 Å². The second-order valence-corrected chi connectivity index (χ2v) is 3.99. The van der Waals surface area contributed by atoms with E-state index in [2.05, 4.69) is 10.3 Å². The van der Waals surface area contributed by atoms with Gasteiger partial charge in [0.05, 0.1) is 12.6 Å². The summed E-state index contributed by atoms with van der Waals surface area (Å²) in [5.74, 6) is -3.51. The fourth-order valence-electron chi connectivity index (χ4n) is 1.56. The maximum absolute atomic E-state index is 12.7. The molecular formula is C11H17F4N3O. The van der Waals surface area contributed by atoms with Crippen LogP contribution in [-0.2, 0) is 11.3 Å². The summed E-state index contributed by atoms with van der Waals surface area (Å²) in [6, 6.07) is -0.427. The van der Waals surface area contributed by atoms with Gasteiger partial charge in [-0.3, -0.25) is 0 Å². The summed E-state index contributed by atoms with van der Waals surface area (Å²) in [6.45, 7) is 1.11. The van der Waals surface area contributed by atoms with Crippen LogP contribution in [0.15, 0.2) is 12.4 Å². The van der Waals surface area contributed by atoms with E-state index in [1.165, 1.54) is 0 Å². The molecule has 1 heterocycles. The van der Waals surface area contributed by atoms with E-state index in [9.17, 15) is 17.6 Å². The molecule has 19 heavy (non-hydrogen) atoms. The fourth-order valence-corrected chi connectivity index (χ4v) is 1.56. The number of hydrogen-bond acceptors (Lipinski definition) is 3. The van der Waals surface area contributed by atoms with E-state index in [0.717, 1.165) is 0 Å². The van der Waals surface area contributed by atoms with Crippen molar-refractivity contribution in [3.63, 3.8) is 0 Å². The van der Waals surface area contributed by atoms with Gasteiger partial charge in [0.2, 0.25) is 0 Å². The molecule has 110 valence electrons. The molecular weight excluding hydrogens is 266 g/mol. The van der Waals surface area contributed by atoms with Crippen LogP contribution in [0, 0.1) is 0 Å². The van der Waals surface area contributed by atoms with E-state index >= 15 is 0 Å². The van der Waals surface area contributed by atoms with E-state index < -0.39 is 25.0 Å². The van der Waals surface area contributed by atoms with Crippen LogP contribution in [-0.4, -0.2) is 42.2 Å². The van der Waals surface area contributed by atoms with Crippen molar-refractivity contribution in [3.05, 3.63) is 18.2 Å². The molecule has 0 bridgehead atoms. The molecule has 0 aliphatic rings. The Kier molecular flexibility index (Phi) is 5.74. The van der Waals surface area contributed by atoms with Gasteiger partial charge in [-0.1, -0.05) is 0 Å². The number of ether oxygens (including phenoxy) is 1. The highest BCUT2D eigenvalue weighted by Gasteiger charge is 2.41. The topological polar surface area (TPSA) is 39.1 Å². The third-order valence-corrected chi connectivity index (χ3v) is 2.65. The van der Waals surface area contributed by atoms with Crippen molar-refractivity contribution < 1.29 is 22.3 Å². The molecule has 0 saturated carbocycles. The molecule has 0 aliphatic carbocycles. The monoisotopic (exact) mass is 283 g/mol. The summed E-state index contributed by atoms with van der Waals surface area (Å²) in [5.41, 5.74) is 0. The Labute approximate surface area is 108 Å². The lowest BCUT2D eigenvalue weighted by molar-refractivity contribution is -0.167. The third kappa shape index (κ3) is 4.17. The maximum atomic E-state index is 12.7. The first-order valence-electron chi connectivity index (χ1n) is 5.84. The van der Waals surface area contributed by atoms with Crippen molar-refractivity contribution >= 4 is 0 Å². The van der Waals surface area contributed by atoms with Crippen LogP contribution in [0.4, 0.5) is 17.6 Å². The third-order valence-electron chi connectivity index (χ3n) is 2.65. The first-order chi connectivity index (χ1) is 8.92. The number of imidazole rings is 1. The average molecular weight is 283 g/mol. The first-order valence-corrected chi connectivity index (χ1v) is 5.84. The van der Waals surface area contributed by atoms with Gasteiger partial charge in [-0.2, -0.15) is 8.78 Å². The minimum atomic E-state index is -4.13. The lowest BCUT2D eigenvalue weighted by Crippen LogP contribution is -2.34. The second kappa shape index (κ2) is 6.85. The Morgan fingerprint density at radius 1 is 1.47 bits per heavy atom. The van der Waals surface area contributed by atoms with Crippen LogP contribution in [0.3, 0.4) is 0 Å². The van der Waals surface area contributed by atoms with E-state index in [1.807, 2.05) is 11.5 Å². The first kappa shape index (κ1) is 15.9. The van der Waals surface area contributed by atoms with Gasteiger partial charge >= 0.3 is 12.3 Å². The molecule has 8 heteroatoms. The number of nitrogens with zero attached hydrogens (tertiary/aromatic N) is 2. The summed E-state index contributed by atoms with van der Waals surface area (Å²) >= 11 is 0. The highest BCUT2D eigenvalue weighted by atomic mass is 19.3. The Bertz CT molecular complexity index is 384. The number of aryl methyl sites for hydroxylation is 1. The minimum Gasteiger partial charge on any atom is -0.373 e. The molecule has 1 aromatic heterocycles. The summed E-state index contributed by atoms with van der Waals surface area (Å²) in [7, 11) is 1.62. The highest BCUT2D eigenvalue weighted by molar-refractivity contribution is 4.99. The van der Waals surface area contributed by atoms with Crippen molar-refractivity contribution in [2.45, 2.75) is 31.9 Å². The van der Waals surface area contributed by atoms with Gasteiger partial charge in [-0.05, 0) is 14.0 Å². The summed E-state index contributed by atoms with van der Waals surface area (Å²) in [4.78, 5) is 4.09. The van der Waals surface area contributed by atoms with Crippen LogP contribution in [0.1, 0.15) is 18.8 Å². The quantitative estimate of drug-likeness (QED) is 0.742. The SMILES string of the molecule is CCn1ccnc1C(COCC(F)(F)C(F)F)NC.